The summed E-state index contributed by atoms with van der Waals surface area (Å²) in [5, 5.41) is 0. The molecule has 0 fully saturated rings. The lowest BCUT2D eigenvalue weighted by atomic mass is 9.90. The number of alkyl halides is 3. The average Bonchev–Trinajstić information content (AvgIpc) is 2.38. The van der Waals surface area contributed by atoms with Crippen molar-refractivity contribution >= 4 is 32.9 Å². The maximum Gasteiger partial charge on any atom is 0.512 e. The first-order valence-corrected chi connectivity index (χ1v) is 10.3. The van der Waals surface area contributed by atoms with Crippen LogP contribution in [0.15, 0.2) is 0 Å². The van der Waals surface area contributed by atoms with Crippen LogP contribution >= 0.6 is 0 Å². The number of carbonyl (C=O) groups excluding carboxylic acids is 2. The molecule has 0 saturated carbocycles. The first-order valence-electron chi connectivity index (χ1n) is 7.75. The monoisotopic (exact) mass is 455 g/mol. The summed E-state index contributed by atoms with van der Waals surface area (Å²) in [5.41, 5.74) is -11.1. The Bertz CT molecular complexity index is 753. The summed E-state index contributed by atoms with van der Waals surface area (Å²) >= 11 is 0. The van der Waals surface area contributed by atoms with Crippen LogP contribution in [0.5, 0.6) is 0 Å². The number of sulfonamides is 1. The van der Waals surface area contributed by atoms with Gasteiger partial charge in [0.05, 0.1) is 6.54 Å². The van der Waals surface area contributed by atoms with E-state index in [4.69, 9.17) is 9.47 Å². The van der Waals surface area contributed by atoms with Crippen molar-refractivity contribution in [3.8, 4) is 0 Å². The number of nitrogens with zero attached hydrogens (tertiary/aromatic N) is 1. The van der Waals surface area contributed by atoms with Gasteiger partial charge < -0.3 is 9.47 Å². The van der Waals surface area contributed by atoms with Crippen molar-refractivity contribution < 1.29 is 49.1 Å². The van der Waals surface area contributed by atoms with E-state index in [2.05, 4.69) is 0 Å². The van der Waals surface area contributed by atoms with Gasteiger partial charge in [-0.25, -0.2) is 16.8 Å². The molecule has 0 spiro atoms. The van der Waals surface area contributed by atoms with E-state index in [0.717, 1.165) is 6.92 Å². The Hall–Kier alpha value is -1.41. The highest BCUT2D eigenvalue weighted by atomic mass is 32.3. The molecule has 0 saturated heterocycles. The van der Waals surface area contributed by atoms with Crippen LogP contribution in [0.2, 0.25) is 0 Å². The van der Waals surface area contributed by atoms with Crippen LogP contribution in [0.1, 0.15) is 48.5 Å². The maximum absolute atomic E-state index is 12.8. The minimum absolute atomic E-state index is 0.743. The summed E-state index contributed by atoms with van der Waals surface area (Å²) < 4.78 is 93.2. The molecule has 28 heavy (non-hydrogen) atoms. The number of ether oxygens (including phenoxy) is 2. The van der Waals surface area contributed by atoms with E-state index < -0.39 is 65.2 Å². The Morgan fingerprint density at radius 1 is 0.857 bits per heavy atom. The van der Waals surface area contributed by atoms with Crippen LogP contribution < -0.4 is 0 Å². The zero-order chi connectivity index (χ0) is 22.9. The van der Waals surface area contributed by atoms with Gasteiger partial charge in [-0.2, -0.15) is 13.2 Å². The lowest BCUT2D eigenvalue weighted by molar-refractivity contribution is -0.184. The third-order valence-electron chi connectivity index (χ3n) is 2.90. The molecule has 0 aromatic rings. The van der Waals surface area contributed by atoms with E-state index in [9.17, 15) is 39.6 Å². The minimum atomic E-state index is -6.40. The van der Waals surface area contributed by atoms with Gasteiger partial charge in [0.25, 0.3) is 0 Å². The Morgan fingerprint density at radius 2 is 1.18 bits per heavy atom. The van der Waals surface area contributed by atoms with Crippen molar-refractivity contribution in [1.29, 1.82) is 0 Å². The molecule has 0 amide bonds. The van der Waals surface area contributed by atoms with Crippen LogP contribution in [-0.2, 0) is 40.0 Å². The largest absolute Gasteiger partial charge is 0.512 e. The fourth-order valence-corrected chi connectivity index (χ4v) is 3.66. The summed E-state index contributed by atoms with van der Waals surface area (Å²) in [4.78, 5) is 25.0. The Labute approximate surface area is 163 Å². The van der Waals surface area contributed by atoms with E-state index in [1.165, 1.54) is 41.5 Å². The van der Waals surface area contributed by atoms with E-state index in [1.54, 1.807) is 0 Å². The predicted octanol–water partition coefficient (Wildman–Crippen LogP) is 1.35. The summed E-state index contributed by atoms with van der Waals surface area (Å²) in [5.74, 6) is -2.90. The van der Waals surface area contributed by atoms with Crippen LogP contribution in [0, 0.1) is 5.41 Å². The van der Waals surface area contributed by atoms with Gasteiger partial charge in [-0.3, -0.25) is 9.59 Å². The Kier molecular flexibility index (Phi) is 7.73. The van der Waals surface area contributed by atoms with E-state index >= 15 is 0 Å². The second-order valence-electron chi connectivity index (χ2n) is 8.00. The zero-order valence-corrected chi connectivity index (χ0v) is 18.1. The second kappa shape index (κ2) is 8.14. The average molecular weight is 455 g/mol. The van der Waals surface area contributed by atoms with Crippen LogP contribution in [0.3, 0.4) is 0 Å². The number of rotatable bonds is 6. The van der Waals surface area contributed by atoms with Gasteiger partial charge in [-0.15, -0.1) is 0 Å². The number of thiol groups is 1. The number of hydrogen-bond donors (Lipinski definition) is 1. The fourth-order valence-electron chi connectivity index (χ4n) is 1.61. The molecule has 0 heterocycles. The highest BCUT2D eigenvalue weighted by Crippen LogP contribution is 2.33. The van der Waals surface area contributed by atoms with E-state index in [-0.39, 0.29) is 0 Å². The predicted molar refractivity (Wildman–Crippen MR) is 91.8 cm³/mol. The number of carbonyl (C=O) groups is 2. The van der Waals surface area contributed by atoms with Gasteiger partial charge in [-0.1, -0.05) is 3.71 Å². The molecule has 0 aliphatic carbocycles. The van der Waals surface area contributed by atoms with Crippen molar-refractivity contribution in [2.75, 3.05) is 6.54 Å². The van der Waals surface area contributed by atoms with Gasteiger partial charge >= 0.3 is 27.5 Å². The van der Waals surface area contributed by atoms with Gasteiger partial charge in [-0.05, 0) is 48.5 Å². The lowest BCUT2D eigenvalue weighted by Gasteiger charge is -2.33. The Balaban J connectivity index is 6.39. The topological polar surface area (TPSA) is 124 Å². The maximum atomic E-state index is 12.8. The molecule has 166 valence electrons. The number of hydrogen-bond acceptors (Lipinski definition) is 8. The highest BCUT2D eigenvalue weighted by Gasteiger charge is 2.57. The molecule has 0 unspecified atom stereocenters. The van der Waals surface area contributed by atoms with Gasteiger partial charge in [0.2, 0.25) is 10.9 Å². The van der Waals surface area contributed by atoms with Crippen molar-refractivity contribution in [1.82, 2.24) is 3.71 Å². The molecule has 0 aromatic heterocycles. The SMILES string of the molecule is CC(C)(C)OC(=O)C(C)(CN([SH](=O)=O)S(=O)(=O)C(F)(F)F)C(=O)OC(C)(C)C. The minimum Gasteiger partial charge on any atom is -0.459 e. The molecule has 0 aliphatic rings. The highest BCUT2D eigenvalue weighted by molar-refractivity contribution is 7.98. The fraction of sp³-hybridized carbons (Fsp3) is 0.857. The molecule has 0 radical (unpaired) electrons. The molecule has 0 N–H and O–H groups in total. The van der Waals surface area contributed by atoms with Crippen LogP contribution in [-0.4, -0.2) is 55.7 Å². The quantitative estimate of drug-likeness (QED) is 0.362. The number of esters is 2. The number of halogens is 3. The Morgan fingerprint density at radius 3 is 1.39 bits per heavy atom. The molecular weight excluding hydrogens is 431 g/mol. The summed E-state index contributed by atoms with van der Waals surface area (Å²) in [7, 11) is -10.8. The van der Waals surface area contributed by atoms with E-state index in [1.807, 2.05) is 0 Å². The standard InChI is InChI=1S/C14H24F3NO8S2/c1-11(2,3)25-9(19)13(7,10(20)26-12(4,5)6)8-18(27(21)22)28(23,24)14(15,16)17/h27H,8H2,1-7H3. The zero-order valence-electron chi connectivity index (χ0n) is 16.4. The third kappa shape index (κ3) is 6.88. The van der Waals surface area contributed by atoms with Crippen molar-refractivity contribution in [3.63, 3.8) is 0 Å². The lowest BCUT2D eigenvalue weighted by Crippen LogP contribution is -2.53. The molecule has 0 atom stereocenters. The summed E-state index contributed by atoms with van der Waals surface area (Å²) in [6, 6.07) is 0. The first-order chi connectivity index (χ1) is 12.0. The van der Waals surface area contributed by atoms with Crippen molar-refractivity contribution in [3.05, 3.63) is 0 Å². The first kappa shape index (κ1) is 26.6. The van der Waals surface area contributed by atoms with Crippen molar-refractivity contribution in [2.24, 2.45) is 5.41 Å². The van der Waals surface area contributed by atoms with Gasteiger partial charge in [0, 0.05) is 0 Å². The van der Waals surface area contributed by atoms with Gasteiger partial charge in [0.1, 0.15) is 11.2 Å². The van der Waals surface area contributed by atoms with Crippen molar-refractivity contribution in [2.45, 2.75) is 65.2 Å². The molecular formula is C14H24F3NO8S2. The second-order valence-corrected chi connectivity index (χ2v) is 11.1. The molecule has 0 aliphatic heterocycles. The summed E-state index contributed by atoms with van der Waals surface area (Å²) in [6.45, 7) is 7.39. The van der Waals surface area contributed by atoms with Crippen LogP contribution in [0.4, 0.5) is 13.2 Å². The molecule has 0 bridgehead atoms. The molecule has 0 aromatic carbocycles. The van der Waals surface area contributed by atoms with Crippen LogP contribution in [0.25, 0.3) is 0 Å². The third-order valence-corrected chi connectivity index (χ3v) is 5.72. The van der Waals surface area contributed by atoms with Gasteiger partial charge in [0.15, 0.2) is 5.41 Å². The summed E-state index contributed by atoms with van der Waals surface area (Å²) in [6.07, 6.45) is 0. The normalized spacial score (nSPS) is 14.3. The smallest absolute Gasteiger partial charge is 0.459 e. The molecule has 0 rings (SSSR count). The molecule has 14 heteroatoms. The van der Waals surface area contributed by atoms with E-state index in [0.29, 0.717) is 0 Å². The molecule has 9 nitrogen and oxygen atoms in total.